The Bertz CT molecular complexity index is 435. The molecule has 0 radical (unpaired) electrons. The van der Waals surface area contributed by atoms with E-state index in [1.165, 1.54) is 0 Å². The maximum Gasteiger partial charge on any atom is 0.318 e. The number of nitrogens with zero attached hydrogens (tertiary/aromatic N) is 4. The van der Waals surface area contributed by atoms with E-state index >= 15 is 0 Å². The minimum absolute atomic E-state index is 0.0766. The first-order chi connectivity index (χ1) is 9.89. The van der Waals surface area contributed by atoms with Crippen molar-refractivity contribution in [1.82, 2.24) is 20.4 Å². The molecule has 0 spiro atoms. The molecule has 7 nitrogen and oxygen atoms in total. The molecule has 1 aliphatic rings. The lowest BCUT2D eigenvalue weighted by molar-refractivity contribution is 0.0342. The van der Waals surface area contributed by atoms with Crippen LogP contribution in [0, 0.1) is 0 Å². The number of rotatable bonds is 6. The summed E-state index contributed by atoms with van der Waals surface area (Å²) in [5, 5.41) is 21.4. The van der Waals surface area contributed by atoms with E-state index in [2.05, 4.69) is 32.2 Å². The lowest BCUT2D eigenvalue weighted by Crippen LogP contribution is -2.50. The molecule has 21 heavy (non-hydrogen) atoms. The molecule has 1 saturated heterocycles. The summed E-state index contributed by atoms with van der Waals surface area (Å²) >= 11 is 0. The Morgan fingerprint density at radius 2 is 1.95 bits per heavy atom. The van der Waals surface area contributed by atoms with Crippen molar-refractivity contribution in [3.05, 3.63) is 5.89 Å². The van der Waals surface area contributed by atoms with Gasteiger partial charge in [-0.25, -0.2) is 0 Å². The van der Waals surface area contributed by atoms with E-state index in [4.69, 9.17) is 4.42 Å². The van der Waals surface area contributed by atoms with E-state index in [-0.39, 0.29) is 6.04 Å². The van der Waals surface area contributed by atoms with Crippen molar-refractivity contribution in [3.8, 4) is 0 Å². The summed E-state index contributed by atoms with van der Waals surface area (Å²) in [5.41, 5.74) is -0.652. The maximum atomic E-state index is 9.86. The minimum atomic E-state index is -0.652. The molecule has 1 unspecified atom stereocenters. The predicted molar refractivity (Wildman–Crippen MR) is 81.3 cm³/mol. The van der Waals surface area contributed by atoms with Gasteiger partial charge < -0.3 is 19.7 Å². The number of aliphatic hydroxyl groups is 1. The molecule has 120 valence electrons. The van der Waals surface area contributed by atoms with Gasteiger partial charge in [-0.3, -0.25) is 4.90 Å². The molecule has 0 saturated carbocycles. The zero-order valence-corrected chi connectivity index (χ0v) is 13.5. The van der Waals surface area contributed by atoms with Crippen LogP contribution in [0.25, 0.3) is 0 Å². The van der Waals surface area contributed by atoms with Gasteiger partial charge in [0.15, 0.2) is 0 Å². The highest BCUT2D eigenvalue weighted by Crippen LogP contribution is 2.19. The molecule has 0 aromatic carbocycles. The lowest BCUT2D eigenvalue weighted by Gasteiger charge is -2.36. The standard InChI is InChI=1S/C14H27N5O2/c1-5-15-11(2)12-16-17-13(21-12)19-8-6-18(7-9-19)10-14(3,4)20/h11,15,20H,5-10H2,1-4H3. The highest BCUT2D eigenvalue weighted by Gasteiger charge is 2.25. The molecular formula is C14H27N5O2. The van der Waals surface area contributed by atoms with Crippen LogP contribution in [0.2, 0.25) is 0 Å². The monoisotopic (exact) mass is 297 g/mol. The van der Waals surface area contributed by atoms with E-state index in [9.17, 15) is 5.11 Å². The van der Waals surface area contributed by atoms with Crippen molar-refractivity contribution in [3.63, 3.8) is 0 Å². The van der Waals surface area contributed by atoms with Crippen molar-refractivity contribution < 1.29 is 9.52 Å². The first-order valence-corrected chi connectivity index (χ1v) is 7.65. The molecular weight excluding hydrogens is 270 g/mol. The highest BCUT2D eigenvalue weighted by molar-refractivity contribution is 5.25. The van der Waals surface area contributed by atoms with Gasteiger partial charge in [0.25, 0.3) is 0 Å². The highest BCUT2D eigenvalue weighted by atomic mass is 16.4. The largest absolute Gasteiger partial charge is 0.406 e. The van der Waals surface area contributed by atoms with Crippen LogP contribution in [0.1, 0.15) is 39.6 Å². The smallest absolute Gasteiger partial charge is 0.318 e. The Morgan fingerprint density at radius 1 is 1.29 bits per heavy atom. The van der Waals surface area contributed by atoms with Crippen LogP contribution in [0.5, 0.6) is 0 Å². The average Bonchev–Trinajstić information content (AvgIpc) is 2.87. The van der Waals surface area contributed by atoms with Gasteiger partial charge >= 0.3 is 6.01 Å². The Morgan fingerprint density at radius 3 is 2.52 bits per heavy atom. The van der Waals surface area contributed by atoms with Gasteiger partial charge in [-0.1, -0.05) is 12.0 Å². The molecule has 0 aliphatic carbocycles. The number of hydrogen-bond acceptors (Lipinski definition) is 7. The van der Waals surface area contributed by atoms with Gasteiger partial charge in [-0.2, -0.15) is 0 Å². The van der Waals surface area contributed by atoms with Gasteiger partial charge in [-0.05, 0) is 27.3 Å². The fourth-order valence-electron chi connectivity index (χ4n) is 2.57. The maximum absolute atomic E-state index is 9.86. The molecule has 0 amide bonds. The van der Waals surface area contributed by atoms with E-state index < -0.39 is 5.60 Å². The van der Waals surface area contributed by atoms with Crippen molar-refractivity contribution in [2.45, 2.75) is 39.3 Å². The van der Waals surface area contributed by atoms with Gasteiger partial charge in [-0.15, -0.1) is 5.10 Å². The van der Waals surface area contributed by atoms with Crippen molar-refractivity contribution >= 4 is 6.01 Å². The fraction of sp³-hybridized carbons (Fsp3) is 0.857. The minimum Gasteiger partial charge on any atom is -0.406 e. The van der Waals surface area contributed by atoms with Crippen LogP contribution in [-0.4, -0.2) is 65.1 Å². The normalized spacial score (nSPS) is 19.0. The molecule has 7 heteroatoms. The molecule has 0 bridgehead atoms. The van der Waals surface area contributed by atoms with E-state index in [0.29, 0.717) is 18.5 Å². The zero-order valence-electron chi connectivity index (χ0n) is 13.5. The third kappa shape index (κ3) is 4.66. The van der Waals surface area contributed by atoms with Crippen LogP contribution in [-0.2, 0) is 0 Å². The zero-order chi connectivity index (χ0) is 15.5. The van der Waals surface area contributed by atoms with Crippen LogP contribution in [0.4, 0.5) is 6.01 Å². The molecule has 2 rings (SSSR count). The van der Waals surface area contributed by atoms with Crippen LogP contribution in [0.3, 0.4) is 0 Å². The second-order valence-electron chi connectivity index (χ2n) is 6.28. The van der Waals surface area contributed by atoms with Gasteiger partial charge in [0.05, 0.1) is 11.6 Å². The second kappa shape index (κ2) is 6.72. The number of nitrogens with one attached hydrogen (secondary N) is 1. The SMILES string of the molecule is CCNC(C)c1nnc(N2CCN(CC(C)(C)O)CC2)o1. The van der Waals surface area contributed by atoms with Gasteiger partial charge in [0, 0.05) is 32.7 Å². The van der Waals surface area contributed by atoms with E-state index in [1.807, 2.05) is 20.8 Å². The summed E-state index contributed by atoms with van der Waals surface area (Å²) in [7, 11) is 0. The van der Waals surface area contributed by atoms with E-state index in [0.717, 1.165) is 32.7 Å². The number of anilines is 1. The lowest BCUT2D eigenvalue weighted by atomic mass is 10.1. The third-order valence-corrected chi connectivity index (χ3v) is 3.56. The number of aromatic nitrogens is 2. The van der Waals surface area contributed by atoms with Crippen LogP contribution < -0.4 is 10.2 Å². The summed E-state index contributed by atoms with van der Waals surface area (Å²) < 4.78 is 5.75. The summed E-state index contributed by atoms with van der Waals surface area (Å²) in [6.45, 7) is 12.8. The van der Waals surface area contributed by atoms with Crippen molar-refractivity contribution in [1.29, 1.82) is 0 Å². The van der Waals surface area contributed by atoms with Gasteiger partial charge in [0.2, 0.25) is 5.89 Å². The van der Waals surface area contributed by atoms with E-state index in [1.54, 1.807) is 0 Å². The van der Waals surface area contributed by atoms with Gasteiger partial charge in [0.1, 0.15) is 0 Å². The van der Waals surface area contributed by atoms with Crippen LogP contribution in [0.15, 0.2) is 4.42 Å². The summed E-state index contributed by atoms with van der Waals surface area (Å²) in [6.07, 6.45) is 0. The molecule has 2 heterocycles. The Balaban J connectivity index is 1.88. The van der Waals surface area contributed by atoms with Crippen molar-refractivity contribution in [2.75, 3.05) is 44.2 Å². The quantitative estimate of drug-likeness (QED) is 0.797. The topological polar surface area (TPSA) is 77.7 Å². The Kier molecular flexibility index (Phi) is 5.18. The first-order valence-electron chi connectivity index (χ1n) is 7.65. The number of hydrogen-bond donors (Lipinski definition) is 2. The summed E-state index contributed by atoms with van der Waals surface area (Å²) in [5.74, 6) is 0.630. The van der Waals surface area contributed by atoms with Crippen molar-refractivity contribution in [2.24, 2.45) is 0 Å². The summed E-state index contributed by atoms with van der Waals surface area (Å²) in [6, 6.07) is 0.672. The molecule has 1 fully saturated rings. The Labute approximate surface area is 126 Å². The Hall–Kier alpha value is -1.18. The van der Waals surface area contributed by atoms with Crippen LogP contribution >= 0.6 is 0 Å². The predicted octanol–water partition coefficient (Wildman–Crippen LogP) is 0.633. The molecule has 1 aromatic heterocycles. The summed E-state index contributed by atoms with van der Waals surface area (Å²) in [4.78, 5) is 4.37. The molecule has 2 N–H and O–H groups in total. The number of β-amino-alcohol motifs (C(OH)–C–C–N with tert-alkyl or cyclic N) is 1. The third-order valence-electron chi connectivity index (χ3n) is 3.56. The molecule has 1 aliphatic heterocycles. The fourth-order valence-corrected chi connectivity index (χ4v) is 2.57. The number of piperazine rings is 1. The average molecular weight is 297 g/mol. The molecule has 1 atom stereocenters. The first kappa shape index (κ1) is 16.2. The molecule has 1 aromatic rings. The second-order valence-corrected chi connectivity index (χ2v) is 6.28.